The summed E-state index contributed by atoms with van der Waals surface area (Å²) in [5.41, 5.74) is 1.34. The van der Waals surface area contributed by atoms with E-state index in [0.717, 1.165) is 17.8 Å². The molecule has 0 amide bonds. The summed E-state index contributed by atoms with van der Waals surface area (Å²) < 4.78 is 0. The Morgan fingerprint density at radius 2 is 2.00 bits per heavy atom. The number of aldehydes is 1. The van der Waals surface area contributed by atoms with E-state index in [1.54, 1.807) is 0 Å². The van der Waals surface area contributed by atoms with Gasteiger partial charge < -0.3 is 0 Å². The molecule has 0 heterocycles. The first-order chi connectivity index (χ1) is 6.43. The van der Waals surface area contributed by atoms with Crippen molar-refractivity contribution >= 4 is 6.29 Å². The maximum Gasteiger partial charge on any atom is 0.145 e. The lowest BCUT2D eigenvalue weighted by Crippen LogP contribution is -2.26. The molecule has 1 heteroatoms. The maximum absolute atomic E-state index is 10.6. The molecule has 1 rings (SSSR count). The molecular weight excluding hydrogens is 172 g/mol. The van der Waals surface area contributed by atoms with Gasteiger partial charge in [0.05, 0.1) is 0 Å². The van der Waals surface area contributed by atoms with E-state index in [2.05, 4.69) is 26.8 Å². The Hall–Kier alpha value is -0.590. The standard InChI is InChI=1S/C13H22O/c1-10-5-12(6-11(2)9-14)8-13(3,4)7-10/h6,9-10,12H,5,7-8H2,1-4H3. The third-order valence-corrected chi connectivity index (χ3v) is 3.11. The van der Waals surface area contributed by atoms with Crippen LogP contribution in [0.5, 0.6) is 0 Å². The smallest absolute Gasteiger partial charge is 0.145 e. The van der Waals surface area contributed by atoms with Crippen molar-refractivity contribution in [1.82, 2.24) is 0 Å². The Balaban J connectivity index is 2.67. The summed E-state index contributed by atoms with van der Waals surface area (Å²) in [7, 11) is 0. The molecule has 80 valence electrons. The molecule has 0 aromatic rings. The lowest BCUT2D eigenvalue weighted by Gasteiger charge is -2.38. The van der Waals surface area contributed by atoms with Crippen molar-refractivity contribution in [3.05, 3.63) is 11.6 Å². The monoisotopic (exact) mass is 194 g/mol. The van der Waals surface area contributed by atoms with Crippen LogP contribution >= 0.6 is 0 Å². The maximum atomic E-state index is 10.6. The lowest BCUT2D eigenvalue weighted by molar-refractivity contribution is -0.104. The van der Waals surface area contributed by atoms with E-state index in [0.29, 0.717) is 11.3 Å². The van der Waals surface area contributed by atoms with Gasteiger partial charge in [0.25, 0.3) is 0 Å². The van der Waals surface area contributed by atoms with Gasteiger partial charge in [-0.15, -0.1) is 0 Å². The van der Waals surface area contributed by atoms with Crippen molar-refractivity contribution in [2.24, 2.45) is 17.3 Å². The normalized spacial score (nSPS) is 32.7. The van der Waals surface area contributed by atoms with Crippen LogP contribution in [-0.4, -0.2) is 6.29 Å². The predicted molar refractivity (Wildman–Crippen MR) is 60.1 cm³/mol. The molecule has 1 saturated carbocycles. The highest BCUT2D eigenvalue weighted by Gasteiger charge is 2.30. The second-order valence-corrected chi connectivity index (χ2v) is 5.70. The summed E-state index contributed by atoms with van der Waals surface area (Å²) in [5.74, 6) is 1.40. The van der Waals surface area contributed by atoms with Gasteiger partial charge in [-0.05, 0) is 49.0 Å². The average Bonchev–Trinajstić information content (AvgIpc) is 1.99. The zero-order valence-electron chi connectivity index (χ0n) is 9.84. The van der Waals surface area contributed by atoms with E-state index in [1.807, 2.05) is 6.92 Å². The minimum atomic E-state index is 0.446. The number of hydrogen-bond acceptors (Lipinski definition) is 1. The molecule has 0 bridgehead atoms. The van der Waals surface area contributed by atoms with Gasteiger partial charge in [-0.2, -0.15) is 0 Å². The summed E-state index contributed by atoms with van der Waals surface area (Å²) >= 11 is 0. The van der Waals surface area contributed by atoms with Gasteiger partial charge in [0, 0.05) is 0 Å². The molecule has 2 unspecified atom stereocenters. The Bertz CT molecular complexity index is 238. The van der Waals surface area contributed by atoms with Gasteiger partial charge in [-0.3, -0.25) is 4.79 Å². The molecule has 1 nitrogen and oxygen atoms in total. The van der Waals surface area contributed by atoms with Crippen LogP contribution in [-0.2, 0) is 4.79 Å². The third-order valence-electron chi connectivity index (χ3n) is 3.11. The van der Waals surface area contributed by atoms with Gasteiger partial charge >= 0.3 is 0 Å². The summed E-state index contributed by atoms with van der Waals surface area (Å²) in [6, 6.07) is 0. The third kappa shape index (κ3) is 3.28. The number of rotatable bonds is 2. The molecule has 0 spiro atoms. The Labute approximate surface area is 87.6 Å². The molecule has 1 aliphatic carbocycles. The molecule has 0 aliphatic heterocycles. The van der Waals surface area contributed by atoms with Crippen LogP contribution in [0.15, 0.2) is 11.6 Å². The summed E-state index contributed by atoms with van der Waals surface area (Å²) in [6.07, 6.45) is 6.91. The van der Waals surface area contributed by atoms with Crippen molar-refractivity contribution in [1.29, 1.82) is 0 Å². The molecule has 1 fully saturated rings. The topological polar surface area (TPSA) is 17.1 Å². The fourth-order valence-corrected chi connectivity index (χ4v) is 2.96. The molecule has 1 aliphatic rings. The first-order valence-corrected chi connectivity index (χ1v) is 5.56. The highest BCUT2D eigenvalue weighted by molar-refractivity contribution is 5.72. The van der Waals surface area contributed by atoms with Crippen LogP contribution in [0.2, 0.25) is 0 Å². The SMILES string of the molecule is CC(C=O)=CC1CC(C)CC(C)(C)C1. The van der Waals surface area contributed by atoms with Gasteiger partial charge in [-0.1, -0.05) is 26.8 Å². The van der Waals surface area contributed by atoms with Gasteiger partial charge in [0.1, 0.15) is 6.29 Å². The molecular formula is C13H22O. The van der Waals surface area contributed by atoms with Crippen LogP contribution in [0.25, 0.3) is 0 Å². The molecule has 0 aromatic carbocycles. The van der Waals surface area contributed by atoms with Gasteiger partial charge in [0.15, 0.2) is 0 Å². The molecule has 2 atom stereocenters. The van der Waals surface area contributed by atoms with E-state index in [4.69, 9.17) is 0 Å². The zero-order valence-corrected chi connectivity index (χ0v) is 9.84. The molecule has 0 saturated heterocycles. The fourth-order valence-electron chi connectivity index (χ4n) is 2.96. The Morgan fingerprint density at radius 1 is 1.36 bits per heavy atom. The second-order valence-electron chi connectivity index (χ2n) is 5.70. The fraction of sp³-hybridized carbons (Fsp3) is 0.769. The van der Waals surface area contributed by atoms with Crippen LogP contribution in [0, 0.1) is 17.3 Å². The molecule has 0 N–H and O–H groups in total. The van der Waals surface area contributed by atoms with Crippen molar-refractivity contribution in [3.8, 4) is 0 Å². The number of hydrogen-bond donors (Lipinski definition) is 0. The highest BCUT2D eigenvalue weighted by atomic mass is 16.1. The van der Waals surface area contributed by atoms with E-state index in [9.17, 15) is 4.79 Å². The van der Waals surface area contributed by atoms with Crippen LogP contribution < -0.4 is 0 Å². The van der Waals surface area contributed by atoms with Gasteiger partial charge in [-0.25, -0.2) is 0 Å². The molecule has 0 aromatic heterocycles. The largest absolute Gasteiger partial charge is 0.298 e. The Kier molecular flexibility index (Phi) is 3.52. The van der Waals surface area contributed by atoms with Crippen molar-refractivity contribution in [2.75, 3.05) is 0 Å². The lowest BCUT2D eigenvalue weighted by atomic mass is 9.68. The van der Waals surface area contributed by atoms with Gasteiger partial charge in [0.2, 0.25) is 0 Å². The average molecular weight is 194 g/mol. The van der Waals surface area contributed by atoms with E-state index in [1.165, 1.54) is 19.3 Å². The molecule has 0 radical (unpaired) electrons. The minimum absolute atomic E-state index is 0.446. The first-order valence-electron chi connectivity index (χ1n) is 5.56. The number of carbonyl (C=O) groups excluding carboxylic acids is 1. The number of allylic oxidation sites excluding steroid dienone is 2. The molecule has 14 heavy (non-hydrogen) atoms. The second kappa shape index (κ2) is 4.29. The number of carbonyl (C=O) groups is 1. The Morgan fingerprint density at radius 3 is 2.50 bits per heavy atom. The van der Waals surface area contributed by atoms with Crippen LogP contribution in [0.1, 0.15) is 47.0 Å². The predicted octanol–water partition coefficient (Wildman–Crippen LogP) is 3.59. The quantitative estimate of drug-likeness (QED) is 0.485. The van der Waals surface area contributed by atoms with E-state index < -0.39 is 0 Å². The zero-order chi connectivity index (χ0) is 10.8. The van der Waals surface area contributed by atoms with Crippen molar-refractivity contribution in [3.63, 3.8) is 0 Å². The first kappa shape index (κ1) is 11.5. The summed E-state index contributed by atoms with van der Waals surface area (Å²) in [6.45, 7) is 8.89. The minimum Gasteiger partial charge on any atom is -0.298 e. The van der Waals surface area contributed by atoms with Crippen LogP contribution in [0.4, 0.5) is 0 Å². The van der Waals surface area contributed by atoms with Crippen molar-refractivity contribution in [2.45, 2.75) is 47.0 Å². The van der Waals surface area contributed by atoms with Crippen LogP contribution in [0.3, 0.4) is 0 Å². The van der Waals surface area contributed by atoms with E-state index in [-0.39, 0.29) is 0 Å². The van der Waals surface area contributed by atoms with E-state index >= 15 is 0 Å². The highest BCUT2D eigenvalue weighted by Crippen LogP contribution is 2.42. The van der Waals surface area contributed by atoms with Crippen molar-refractivity contribution < 1.29 is 4.79 Å². The summed E-state index contributed by atoms with van der Waals surface area (Å²) in [5, 5.41) is 0. The summed E-state index contributed by atoms with van der Waals surface area (Å²) in [4.78, 5) is 10.6.